The monoisotopic (exact) mass is 653 g/mol. The lowest BCUT2D eigenvalue weighted by molar-refractivity contribution is 0.251. The Bertz CT molecular complexity index is 1980. The van der Waals surface area contributed by atoms with Crippen LogP contribution >= 0.6 is 0 Å². The van der Waals surface area contributed by atoms with Gasteiger partial charge in [0.25, 0.3) is 5.56 Å². The minimum Gasteiger partial charge on any atom is -0.497 e. The minimum atomic E-state index is -0.495. The molecule has 2 amide bonds. The number of rotatable bonds is 11. The summed E-state index contributed by atoms with van der Waals surface area (Å²) >= 11 is 0. The third-order valence-corrected chi connectivity index (χ3v) is 7.80. The number of carbonyl (C=O) groups is 1. The van der Waals surface area contributed by atoms with Crippen molar-refractivity contribution in [3.63, 3.8) is 0 Å². The van der Waals surface area contributed by atoms with Crippen LogP contribution in [0.4, 0.5) is 15.0 Å². The molecule has 48 heavy (non-hydrogen) atoms. The summed E-state index contributed by atoms with van der Waals surface area (Å²) in [5.41, 5.74) is 3.86. The lowest BCUT2D eigenvalue weighted by Gasteiger charge is -2.15. The number of amides is 2. The van der Waals surface area contributed by atoms with E-state index in [1.54, 1.807) is 35.6 Å². The number of halogens is 1. The maximum Gasteiger partial charge on any atom is 0.320 e. The molecule has 0 aliphatic rings. The molecule has 0 fully saturated rings. The molecule has 0 unspecified atom stereocenters. The van der Waals surface area contributed by atoms with Crippen LogP contribution in [-0.2, 0) is 25.1 Å². The Morgan fingerprint density at radius 2 is 1.60 bits per heavy atom. The smallest absolute Gasteiger partial charge is 0.320 e. The summed E-state index contributed by atoms with van der Waals surface area (Å²) < 4.78 is 34.3. The summed E-state index contributed by atoms with van der Waals surface area (Å²) in [5, 5.41) is 10.4. The van der Waals surface area contributed by atoms with Crippen molar-refractivity contribution >= 4 is 11.8 Å². The number of ether oxygens (including phenoxy) is 3. The number of carbonyl (C=O) groups excluding carboxylic acids is 1. The molecule has 0 saturated carbocycles. The lowest BCUT2D eigenvalue weighted by Crippen LogP contribution is -2.29. The number of anilines is 1. The van der Waals surface area contributed by atoms with Gasteiger partial charge in [-0.3, -0.25) is 10.1 Å². The van der Waals surface area contributed by atoms with Crippen LogP contribution < -0.4 is 30.4 Å². The maximum absolute atomic E-state index is 14.3. The van der Waals surface area contributed by atoms with E-state index >= 15 is 0 Å². The molecule has 0 bridgehead atoms. The SMILES string of the molecule is COc1cccc(Cn2c(C)cc(OCc3ccc(F)cc3CNC(=O)Nc3cc(C(C)(C)C)nn3-c3cccc(OC)c3)cc2=O)c1. The highest BCUT2D eigenvalue weighted by atomic mass is 19.1. The molecule has 0 spiro atoms. The molecular formula is C37H40FN5O5. The van der Waals surface area contributed by atoms with Crippen LogP contribution in [0.2, 0.25) is 0 Å². The highest BCUT2D eigenvalue weighted by Gasteiger charge is 2.22. The van der Waals surface area contributed by atoms with Crippen molar-refractivity contribution in [3.8, 4) is 22.9 Å². The summed E-state index contributed by atoms with van der Waals surface area (Å²) in [7, 11) is 3.19. The number of benzene rings is 3. The predicted octanol–water partition coefficient (Wildman–Crippen LogP) is 6.75. The molecule has 10 nitrogen and oxygen atoms in total. The highest BCUT2D eigenvalue weighted by molar-refractivity contribution is 5.88. The van der Waals surface area contributed by atoms with Gasteiger partial charge in [0.1, 0.15) is 35.5 Å². The van der Waals surface area contributed by atoms with Gasteiger partial charge in [0, 0.05) is 35.9 Å². The normalized spacial score (nSPS) is 11.2. The number of aryl methyl sites for hydroxylation is 1. The van der Waals surface area contributed by atoms with Crippen LogP contribution in [0.25, 0.3) is 5.69 Å². The number of hydrogen-bond acceptors (Lipinski definition) is 6. The largest absolute Gasteiger partial charge is 0.497 e. The molecule has 0 saturated heterocycles. The summed E-state index contributed by atoms with van der Waals surface area (Å²) in [6, 6.07) is 23.8. The van der Waals surface area contributed by atoms with Gasteiger partial charge in [0.2, 0.25) is 0 Å². The molecule has 3 aromatic carbocycles. The van der Waals surface area contributed by atoms with Gasteiger partial charge in [-0.05, 0) is 66.1 Å². The van der Waals surface area contributed by atoms with E-state index in [9.17, 15) is 14.0 Å². The molecule has 5 aromatic rings. The van der Waals surface area contributed by atoms with Crippen molar-refractivity contribution in [3.05, 3.63) is 129 Å². The first-order chi connectivity index (χ1) is 22.9. The standard InChI is InChI=1S/C37H40FN5O5/c1-24-15-32(19-35(44)42(24)22-25-9-7-11-30(16-25)46-5)48-23-26-13-14-28(38)17-27(26)21-39-36(45)40-34-20-33(37(2,3)4)41-43(34)29-10-8-12-31(18-29)47-6/h7-20H,21-23H2,1-6H3,(H2,39,40,45). The van der Waals surface area contributed by atoms with Gasteiger partial charge < -0.3 is 24.1 Å². The zero-order chi connectivity index (χ0) is 34.4. The van der Waals surface area contributed by atoms with Crippen LogP contribution in [-0.4, -0.2) is 34.6 Å². The second kappa shape index (κ2) is 14.5. The Labute approximate surface area is 279 Å². The molecule has 0 aliphatic heterocycles. The third kappa shape index (κ3) is 8.22. The number of aromatic nitrogens is 3. The molecular weight excluding hydrogens is 613 g/mol. The van der Waals surface area contributed by atoms with E-state index in [2.05, 4.69) is 10.6 Å². The summed E-state index contributed by atoms with van der Waals surface area (Å²) in [6.07, 6.45) is 0. The predicted molar refractivity (Wildman–Crippen MR) is 183 cm³/mol. The zero-order valence-electron chi connectivity index (χ0n) is 28.0. The number of hydrogen-bond donors (Lipinski definition) is 2. The van der Waals surface area contributed by atoms with Crippen LogP contribution in [0, 0.1) is 12.7 Å². The van der Waals surface area contributed by atoms with Crippen molar-refractivity contribution in [2.24, 2.45) is 0 Å². The summed E-state index contributed by atoms with van der Waals surface area (Å²) in [5.74, 6) is 1.78. The van der Waals surface area contributed by atoms with Crippen LogP contribution in [0.3, 0.4) is 0 Å². The van der Waals surface area contributed by atoms with Crippen molar-refractivity contribution in [1.82, 2.24) is 19.7 Å². The second-order valence-corrected chi connectivity index (χ2v) is 12.4. The number of nitrogens with one attached hydrogen (secondary N) is 2. The maximum atomic E-state index is 14.3. The van der Waals surface area contributed by atoms with E-state index in [0.717, 1.165) is 22.7 Å². The van der Waals surface area contributed by atoms with Gasteiger partial charge in [-0.2, -0.15) is 5.10 Å². The fourth-order valence-corrected chi connectivity index (χ4v) is 5.11. The average molecular weight is 654 g/mol. The van der Waals surface area contributed by atoms with Crippen LogP contribution in [0.1, 0.15) is 48.8 Å². The van der Waals surface area contributed by atoms with E-state index in [1.807, 2.05) is 82.3 Å². The summed E-state index contributed by atoms with van der Waals surface area (Å²) in [6.45, 7) is 8.44. The van der Waals surface area contributed by atoms with Gasteiger partial charge in [-0.15, -0.1) is 0 Å². The van der Waals surface area contributed by atoms with E-state index in [-0.39, 0.29) is 24.1 Å². The number of pyridine rings is 1. The van der Waals surface area contributed by atoms with E-state index in [4.69, 9.17) is 19.3 Å². The number of urea groups is 1. The fourth-order valence-electron chi connectivity index (χ4n) is 5.11. The molecule has 0 radical (unpaired) electrons. The lowest BCUT2D eigenvalue weighted by atomic mass is 9.92. The molecule has 250 valence electrons. The first-order valence-corrected chi connectivity index (χ1v) is 15.5. The minimum absolute atomic E-state index is 0.0306. The Hall–Kier alpha value is -5.58. The van der Waals surface area contributed by atoms with E-state index in [0.29, 0.717) is 40.7 Å². The Morgan fingerprint density at radius 1 is 0.875 bits per heavy atom. The topological polar surface area (TPSA) is 109 Å². The Morgan fingerprint density at radius 3 is 2.31 bits per heavy atom. The van der Waals surface area contributed by atoms with Crippen molar-refractivity contribution < 1.29 is 23.4 Å². The third-order valence-electron chi connectivity index (χ3n) is 7.80. The van der Waals surface area contributed by atoms with Gasteiger partial charge in [0.15, 0.2) is 0 Å². The number of methoxy groups -OCH3 is 2. The fraction of sp³-hybridized carbons (Fsp3) is 0.270. The highest BCUT2D eigenvalue weighted by Crippen LogP contribution is 2.28. The molecule has 2 aromatic heterocycles. The van der Waals surface area contributed by atoms with Gasteiger partial charge >= 0.3 is 6.03 Å². The Balaban J connectivity index is 1.27. The molecule has 2 N–H and O–H groups in total. The molecule has 0 aliphatic carbocycles. The van der Waals surface area contributed by atoms with Gasteiger partial charge in [-0.25, -0.2) is 13.9 Å². The van der Waals surface area contributed by atoms with Crippen LogP contribution in [0.15, 0.2) is 89.7 Å². The second-order valence-electron chi connectivity index (χ2n) is 12.4. The first kappa shape index (κ1) is 33.8. The molecule has 11 heteroatoms. The summed E-state index contributed by atoms with van der Waals surface area (Å²) in [4.78, 5) is 26.2. The molecule has 2 heterocycles. The van der Waals surface area contributed by atoms with E-state index in [1.165, 1.54) is 18.2 Å². The molecule has 5 rings (SSSR count). The van der Waals surface area contributed by atoms with Gasteiger partial charge in [-0.1, -0.05) is 45.0 Å². The Kier molecular flexibility index (Phi) is 10.2. The van der Waals surface area contributed by atoms with Crippen LogP contribution in [0.5, 0.6) is 17.2 Å². The van der Waals surface area contributed by atoms with Crippen molar-refractivity contribution in [2.75, 3.05) is 19.5 Å². The van der Waals surface area contributed by atoms with Crippen molar-refractivity contribution in [2.45, 2.75) is 52.8 Å². The zero-order valence-corrected chi connectivity index (χ0v) is 28.0. The van der Waals surface area contributed by atoms with Gasteiger partial charge in [0.05, 0.1) is 32.1 Å². The molecule has 0 atom stereocenters. The van der Waals surface area contributed by atoms with E-state index < -0.39 is 11.8 Å². The first-order valence-electron chi connectivity index (χ1n) is 15.5. The number of nitrogens with zero attached hydrogens (tertiary/aromatic N) is 3. The quantitative estimate of drug-likeness (QED) is 0.163. The van der Waals surface area contributed by atoms with Crippen molar-refractivity contribution in [1.29, 1.82) is 0 Å². The average Bonchev–Trinajstić information content (AvgIpc) is 3.49.